The van der Waals surface area contributed by atoms with Crippen molar-refractivity contribution in [3.05, 3.63) is 76.9 Å². The number of rotatable bonds is 5. The SMILES string of the molecule is CC(NC(=O)COC(=O)c1ccc2nc(Cl)ccc2c1)c1ccccc1. The summed E-state index contributed by atoms with van der Waals surface area (Å²) in [7, 11) is 0. The Morgan fingerprint density at radius 3 is 2.65 bits per heavy atom. The minimum atomic E-state index is -0.565. The Hall–Kier alpha value is -2.92. The Kier molecular flexibility index (Phi) is 5.49. The number of ether oxygens (including phenoxy) is 1. The van der Waals surface area contributed by atoms with Crippen molar-refractivity contribution in [1.29, 1.82) is 0 Å². The van der Waals surface area contributed by atoms with Crippen molar-refractivity contribution < 1.29 is 14.3 Å². The van der Waals surface area contributed by atoms with E-state index in [0.29, 0.717) is 16.2 Å². The number of aromatic nitrogens is 1. The quantitative estimate of drug-likeness (QED) is 0.547. The molecular weight excluding hydrogens is 352 g/mol. The number of hydrogen-bond donors (Lipinski definition) is 1. The van der Waals surface area contributed by atoms with Crippen LogP contribution in [0.5, 0.6) is 0 Å². The number of esters is 1. The highest BCUT2D eigenvalue weighted by Crippen LogP contribution is 2.17. The highest BCUT2D eigenvalue weighted by molar-refractivity contribution is 6.29. The zero-order valence-corrected chi connectivity index (χ0v) is 14.9. The number of benzene rings is 2. The molecule has 1 aromatic heterocycles. The van der Waals surface area contributed by atoms with Gasteiger partial charge in [0.2, 0.25) is 0 Å². The molecular formula is C20H17ClN2O3. The van der Waals surface area contributed by atoms with E-state index in [4.69, 9.17) is 16.3 Å². The van der Waals surface area contributed by atoms with Crippen molar-refractivity contribution in [2.75, 3.05) is 6.61 Å². The number of carbonyl (C=O) groups is 2. The molecule has 132 valence electrons. The summed E-state index contributed by atoms with van der Waals surface area (Å²) in [5, 5.41) is 3.95. The molecule has 3 aromatic rings. The lowest BCUT2D eigenvalue weighted by molar-refractivity contribution is -0.124. The third kappa shape index (κ3) is 4.37. The van der Waals surface area contributed by atoms with E-state index >= 15 is 0 Å². The Balaban J connectivity index is 1.58. The van der Waals surface area contributed by atoms with Crippen LogP contribution in [-0.2, 0) is 9.53 Å². The summed E-state index contributed by atoms with van der Waals surface area (Å²) in [5.74, 6) is -0.923. The van der Waals surface area contributed by atoms with Gasteiger partial charge >= 0.3 is 5.97 Å². The Bertz CT molecular complexity index is 944. The van der Waals surface area contributed by atoms with Crippen LogP contribution in [0.3, 0.4) is 0 Å². The zero-order valence-electron chi connectivity index (χ0n) is 14.1. The molecule has 6 heteroatoms. The van der Waals surface area contributed by atoms with E-state index in [1.807, 2.05) is 37.3 Å². The molecule has 0 aliphatic heterocycles. The molecule has 0 bridgehead atoms. The second-order valence-corrected chi connectivity index (χ2v) is 6.20. The van der Waals surface area contributed by atoms with Gasteiger partial charge in [-0.15, -0.1) is 0 Å². The fraction of sp³-hybridized carbons (Fsp3) is 0.150. The van der Waals surface area contributed by atoms with E-state index in [2.05, 4.69) is 10.3 Å². The summed E-state index contributed by atoms with van der Waals surface area (Å²) in [6.07, 6.45) is 0. The number of nitrogens with zero attached hydrogens (tertiary/aromatic N) is 1. The van der Waals surface area contributed by atoms with Crippen LogP contribution in [0.15, 0.2) is 60.7 Å². The Morgan fingerprint density at radius 2 is 1.88 bits per heavy atom. The molecule has 0 fully saturated rings. The lowest BCUT2D eigenvalue weighted by atomic mass is 10.1. The number of amides is 1. The largest absolute Gasteiger partial charge is 0.452 e. The van der Waals surface area contributed by atoms with Gasteiger partial charge in [-0.2, -0.15) is 0 Å². The smallest absolute Gasteiger partial charge is 0.338 e. The van der Waals surface area contributed by atoms with Gasteiger partial charge in [-0.1, -0.05) is 41.9 Å². The van der Waals surface area contributed by atoms with Gasteiger partial charge in [0.15, 0.2) is 6.61 Å². The molecule has 1 N–H and O–H groups in total. The van der Waals surface area contributed by atoms with Gasteiger partial charge in [0.25, 0.3) is 5.91 Å². The van der Waals surface area contributed by atoms with Crippen LogP contribution < -0.4 is 5.32 Å². The van der Waals surface area contributed by atoms with Crippen LogP contribution in [0.2, 0.25) is 5.15 Å². The third-order valence-electron chi connectivity index (χ3n) is 3.90. The lowest BCUT2D eigenvalue weighted by Gasteiger charge is -2.14. The van der Waals surface area contributed by atoms with Crippen LogP contribution in [0.1, 0.15) is 28.9 Å². The number of fused-ring (bicyclic) bond motifs is 1. The predicted octanol–water partition coefficient (Wildman–Crippen LogP) is 3.92. The molecule has 0 aliphatic rings. The molecule has 0 saturated carbocycles. The summed E-state index contributed by atoms with van der Waals surface area (Å²) in [6, 6.07) is 17.8. The van der Waals surface area contributed by atoms with Crippen molar-refractivity contribution >= 4 is 34.4 Å². The summed E-state index contributed by atoms with van der Waals surface area (Å²) < 4.78 is 5.10. The molecule has 0 radical (unpaired) electrons. The van der Waals surface area contributed by atoms with Gasteiger partial charge in [-0.25, -0.2) is 9.78 Å². The van der Waals surface area contributed by atoms with Crippen LogP contribution in [0.25, 0.3) is 10.9 Å². The molecule has 1 heterocycles. The maximum atomic E-state index is 12.2. The molecule has 0 aliphatic carbocycles. The first-order valence-electron chi connectivity index (χ1n) is 8.10. The first-order valence-corrected chi connectivity index (χ1v) is 8.48. The predicted molar refractivity (Wildman–Crippen MR) is 100 cm³/mol. The minimum Gasteiger partial charge on any atom is -0.452 e. The normalized spacial score (nSPS) is 11.8. The Morgan fingerprint density at radius 1 is 1.12 bits per heavy atom. The average molecular weight is 369 g/mol. The van der Waals surface area contributed by atoms with Crippen molar-refractivity contribution in [3.63, 3.8) is 0 Å². The van der Waals surface area contributed by atoms with E-state index in [1.165, 1.54) is 0 Å². The second-order valence-electron chi connectivity index (χ2n) is 5.82. The molecule has 0 spiro atoms. The van der Waals surface area contributed by atoms with E-state index in [0.717, 1.165) is 10.9 Å². The summed E-state index contributed by atoms with van der Waals surface area (Å²) in [5.41, 5.74) is 2.02. The molecule has 5 nitrogen and oxygen atoms in total. The van der Waals surface area contributed by atoms with Crippen molar-refractivity contribution in [2.24, 2.45) is 0 Å². The van der Waals surface area contributed by atoms with Crippen LogP contribution in [-0.4, -0.2) is 23.5 Å². The molecule has 1 amide bonds. The van der Waals surface area contributed by atoms with Gasteiger partial charge in [-0.3, -0.25) is 4.79 Å². The summed E-state index contributed by atoms with van der Waals surface area (Å²) in [6.45, 7) is 1.53. The average Bonchev–Trinajstić information content (AvgIpc) is 2.66. The van der Waals surface area contributed by atoms with E-state index < -0.39 is 5.97 Å². The van der Waals surface area contributed by atoms with Crippen LogP contribution in [0.4, 0.5) is 0 Å². The third-order valence-corrected chi connectivity index (χ3v) is 4.11. The molecule has 2 aromatic carbocycles. The molecule has 3 rings (SSSR count). The molecule has 1 unspecified atom stereocenters. The maximum absolute atomic E-state index is 12.2. The van der Waals surface area contributed by atoms with Crippen molar-refractivity contribution in [2.45, 2.75) is 13.0 Å². The highest BCUT2D eigenvalue weighted by atomic mass is 35.5. The van der Waals surface area contributed by atoms with Gasteiger partial charge in [0.05, 0.1) is 17.1 Å². The minimum absolute atomic E-state index is 0.168. The molecule has 26 heavy (non-hydrogen) atoms. The first kappa shape index (κ1) is 17.9. The lowest BCUT2D eigenvalue weighted by Crippen LogP contribution is -2.31. The van der Waals surface area contributed by atoms with Gasteiger partial charge in [0, 0.05) is 5.39 Å². The topological polar surface area (TPSA) is 68.3 Å². The Labute approximate surface area is 156 Å². The number of carbonyl (C=O) groups excluding carboxylic acids is 2. The fourth-order valence-electron chi connectivity index (χ4n) is 2.55. The zero-order chi connectivity index (χ0) is 18.5. The van der Waals surface area contributed by atoms with E-state index in [9.17, 15) is 9.59 Å². The number of pyridine rings is 1. The number of hydrogen-bond acceptors (Lipinski definition) is 4. The summed E-state index contributed by atoms with van der Waals surface area (Å²) >= 11 is 5.84. The van der Waals surface area contributed by atoms with Crippen LogP contribution >= 0.6 is 11.6 Å². The van der Waals surface area contributed by atoms with Gasteiger partial charge in [0.1, 0.15) is 5.15 Å². The molecule has 0 saturated heterocycles. The van der Waals surface area contributed by atoms with Crippen LogP contribution in [0, 0.1) is 0 Å². The van der Waals surface area contributed by atoms with Gasteiger partial charge < -0.3 is 10.1 Å². The number of nitrogens with one attached hydrogen (secondary N) is 1. The second kappa shape index (κ2) is 7.97. The summed E-state index contributed by atoms with van der Waals surface area (Å²) in [4.78, 5) is 28.3. The van der Waals surface area contributed by atoms with Crippen molar-refractivity contribution in [3.8, 4) is 0 Å². The fourth-order valence-corrected chi connectivity index (χ4v) is 2.70. The highest BCUT2D eigenvalue weighted by Gasteiger charge is 2.13. The van der Waals surface area contributed by atoms with Crippen molar-refractivity contribution in [1.82, 2.24) is 10.3 Å². The van der Waals surface area contributed by atoms with Gasteiger partial charge in [-0.05, 0) is 42.8 Å². The standard InChI is InChI=1S/C20H17ClN2O3/c1-13(14-5-3-2-4-6-14)22-19(24)12-26-20(25)16-7-9-17-15(11-16)8-10-18(21)23-17/h2-11,13H,12H2,1H3,(H,22,24). The maximum Gasteiger partial charge on any atom is 0.338 e. The monoisotopic (exact) mass is 368 g/mol. The first-order chi connectivity index (χ1) is 12.5. The molecule has 1 atom stereocenters. The van der Waals surface area contributed by atoms with E-state index in [-0.39, 0.29) is 18.6 Å². The van der Waals surface area contributed by atoms with E-state index in [1.54, 1.807) is 30.3 Å². The number of halogens is 1.